The summed E-state index contributed by atoms with van der Waals surface area (Å²) in [7, 11) is -5.35. The fourth-order valence-electron chi connectivity index (χ4n) is 2.98. The third-order valence-electron chi connectivity index (χ3n) is 4.38. The Kier molecular flexibility index (Phi) is 5.50. The Balaban J connectivity index is 1.58. The Morgan fingerprint density at radius 2 is 1.97 bits per heavy atom. The summed E-state index contributed by atoms with van der Waals surface area (Å²) in [6.07, 6.45) is 0.246. The van der Waals surface area contributed by atoms with Gasteiger partial charge in [-0.15, -0.1) is 0 Å². The third kappa shape index (κ3) is 4.61. The summed E-state index contributed by atoms with van der Waals surface area (Å²) in [6.45, 7) is 0.237. The van der Waals surface area contributed by atoms with Gasteiger partial charge in [0.15, 0.2) is 5.03 Å². The van der Waals surface area contributed by atoms with Gasteiger partial charge in [0, 0.05) is 5.69 Å². The number of nitrogens with zero attached hydrogens (tertiary/aromatic N) is 1. The highest BCUT2D eigenvalue weighted by atomic mass is 32.2. The molecule has 0 unspecified atom stereocenters. The summed E-state index contributed by atoms with van der Waals surface area (Å²) in [4.78, 5) is 16.1. The van der Waals surface area contributed by atoms with Gasteiger partial charge < -0.3 is 20.1 Å². The maximum atomic E-state index is 13.0. The molecule has 2 heterocycles. The number of nitrogens with two attached hydrogens (primary N) is 1. The molecule has 2 aromatic carbocycles. The standard InChI is InChI=1S/C19H17BN4O6S/c21-13-8-17(23-19(25)30-15-4-2-1-3-5-15)18(22-10-13)31(27,28)24-14-7-6-12-11-29-20(26)16(12)9-14/h1-10,24,26H,11,21H2,(H,23,25). The van der Waals surface area contributed by atoms with E-state index in [1.807, 2.05) is 0 Å². The van der Waals surface area contributed by atoms with Crippen LogP contribution in [-0.4, -0.2) is 31.6 Å². The lowest BCUT2D eigenvalue weighted by molar-refractivity contribution is 0.215. The predicted octanol–water partition coefficient (Wildman–Crippen LogP) is 1.29. The van der Waals surface area contributed by atoms with Crippen LogP contribution in [0.1, 0.15) is 5.56 Å². The minimum absolute atomic E-state index is 0.145. The van der Waals surface area contributed by atoms with Crippen molar-refractivity contribution < 1.29 is 27.6 Å². The number of sulfonamides is 1. The molecule has 0 bridgehead atoms. The zero-order valence-corrected chi connectivity index (χ0v) is 16.8. The number of para-hydroxylation sites is 1. The number of benzene rings is 2. The summed E-state index contributed by atoms with van der Waals surface area (Å²) in [5, 5.41) is 11.7. The molecule has 0 aliphatic carbocycles. The van der Waals surface area contributed by atoms with Crippen LogP contribution >= 0.6 is 0 Å². The zero-order valence-electron chi connectivity index (χ0n) is 16.0. The van der Waals surface area contributed by atoms with E-state index in [1.165, 1.54) is 18.2 Å². The van der Waals surface area contributed by atoms with Crippen LogP contribution in [0, 0.1) is 0 Å². The van der Waals surface area contributed by atoms with Gasteiger partial charge in [-0.25, -0.2) is 9.78 Å². The van der Waals surface area contributed by atoms with Crippen LogP contribution in [0.2, 0.25) is 0 Å². The minimum Gasteiger partial charge on any atom is -0.423 e. The summed E-state index contributed by atoms with van der Waals surface area (Å²) >= 11 is 0. The average molecular weight is 440 g/mol. The minimum atomic E-state index is -4.22. The van der Waals surface area contributed by atoms with Gasteiger partial charge in [-0.3, -0.25) is 10.0 Å². The molecule has 1 amide bonds. The van der Waals surface area contributed by atoms with Crippen molar-refractivity contribution in [2.45, 2.75) is 11.6 Å². The largest absolute Gasteiger partial charge is 0.491 e. The summed E-state index contributed by atoms with van der Waals surface area (Å²) < 4.78 is 38.5. The number of hydrogen-bond acceptors (Lipinski definition) is 8. The van der Waals surface area contributed by atoms with E-state index in [9.17, 15) is 18.2 Å². The molecule has 4 rings (SSSR count). The maximum Gasteiger partial charge on any atom is 0.491 e. The molecule has 3 aromatic rings. The first-order chi connectivity index (χ1) is 14.8. The lowest BCUT2D eigenvalue weighted by Crippen LogP contribution is -2.28. The van der Waals surface area contributed by atoms with Gasteiger partial charge in [-0.05, 0) is 41.4 Å². The number of carbonyl (C=O) groups excluding carboxylic acids is 1. The van der Waals surface area contributed by atoms with E-state index >= 15 is 0 Å². The summed E-state index contributed by atoms with van der Waals surface area (Å²) in [6, 6.07) is 14.2. The number of rotatable bonds is 5. The third-order valence-corrected chi connectivity index (χ3v) is 5.72. The van der Waals surface area contributed by atoms with E-state index < -0.39 is 28.3 Å². The van der Waals surface area contributed by atoms with E-state index in [2.05, 4.69) is 15.0 Å². The first-order valence-electron chi connectivity index (χ1n) is 9.06. The fourth-order valence-corrected chi connectivity index (χ4v) is 4.11. The van der Waals surface area contributed by atoms with Crippen LogP contribution in [0.5, 0.6) is 5.75 Å². The van der Waals surface area contributed by atoms with Crippen molar-refractivity contribution in [3.8, 4) is 5.75 Å². The number of amides is 1. The molecule has 10 nitrogen and oxygen atoms in total. The second kappa shape index (κ2) is 8.26. The van der Waals surface area contributed by atoms with E-state index in [0.717, 1.165) is 11.8 Å². The molecule has 0 saturated carbocycles. The van der Waals surface area contributed by atoms with Crippen molar-refractivity contribution in [3.05, 3.63) is 66.4 Å². The molecule has 0 spiro atoms. The number of pyridine rings is 1. The lowest BCUT2D eigenvalue weighted by Gasteiger charge is -2.13. The van der Waals surface area contributed by atoms with E-state index in [1.54, 1.807) is 36.4 Å². The van der Waals surface area contributed by atoms with Crippen molar-refractivity contribution >= 4 is 45.8 Å². The zero-order chi connectivity index (χ0) is 22.0. The van der Waals surface area contributed by atoms with Gasteiger partial charge in [0.05, 0.1) is 24.2 Å². The van der Waals surface area contributed by atoms with Crippen LogP contribution in [-0.2, 0) is 21.3 Å². The Bertz CT molecular complexity index is 1240. The Morgan fingerprint density at radius 1 is 1.19 bits per heavy atom. The maximum absolute atomic E-state index is 13.0. The van der Waals surface area contributed by atoms with Crippen LogP contribution in [0.4, 0.5) is 21.9 Å². The van der Waals surface area contributed by atoms with E-state index in [4.69, 9.17) is 15.1 Å². The van der Waals surface area contributed by atoms with E-state index in [0.29, 0.717) is 5.46 Å². The van der Waals surface area contributed by atoms with Crippen LogP contribution in [0.3, 0.4) is 0 Å². The molecular formula is C19H17BN4O6S. The highest BCUT2D eigenvalue weighted by Crippen LogP contribution is 2.25. The number of hydrogen-bond donors (Lipinski definition) is 4. The lowest BCUT2D eigenvalue weighted by atomic mass is 9.79. The molecule has 1 aliphatic heterocycles. The van der Waals surface area contributed by atoms with Gasteiger partial charge in [0.1, 0.15) is 5.75 Å². The molecule has 0 fully saturated rings. The van der Waals surface area contributed by atoms with Gasteiger partial charge in [-0.1, -0.05) is 24.3 Å². The van der Waals surface area contributed by atoms with E-state index in [-0.39, 0.29) is 29.4 Å². The second-order valence-corrected chi connectivity index (χ2v) is 8.23. The number of carbonyl (C=O) groups is 1. The Labute approximate surface area is 178 Å². The predicted molar refractivity (Wildman–Crippen MR) is 114 cm³/mol. The average Bonchev–Trinajstić information content (AvgIpc) is 3.08. The van der Waals surface area contributed by atoms with Gasteiger partial charge >= 0.3 is 13.2 Å². The number of ether oxygens (including phenoxy) is 1. The second-order valence-electron chi connectivity index (χ2n) is 6.63. The molecular weight excluding hydrogens is 423 g/mol. The normalized spacial score (nSPS) is 12.9. The number of anilines is 3. The molecule has 1 aliphatic rings. The van der Waals surface area contributed by atoms with Crippen molar-refractivity contribution in [3.63, 3.8) is 0 Å². The number of nitrogens with one attached hydrogen (secondary N) is 2. The molecule has 31 heavy (non-hydrogen) atoms. The van der Waals surface area contributed by atoms with Crippen molar-refractivity contribution in [2.75, 3.05) is 15.8 Å². The molecule has 0 saturated heterocycles. The smallest absolute Gasteiger partial charge is 0.423 e. The molecule has 12 heteroatoms. The highest BCUT2D eigenvalue weighted by Gasteiger charge is 2.29. The van der Waals surface area contributed by atoms with Crippen molar-refractivity contribution in [2.24, 2.45) is 0 Å². The number of fused-ring (bicyclic) bond motifs is 1. The fraction of sp³-hybridized carbons (Fsp3) is 0.0526. The van der Waals surface area contributed by atoms with Crippen molar-refractivity contribution in [1.82, 2.24) is 4.98 Å². The Morgan fingerprint density at radius 3 is 2.74 bits per heavy atom. The molecule has 158 valence electrons. The molecule has 1 aromatic heterocycles. The van der Waals surface area contributed by atoms with Crippen LogP contribution in [0.25, 0.3) is 0 Å². The van der Waals surface area contributed by atoms with Crippen LogP contribution in [0.15, 0.2) is 65.8 Å². The van der Waals surface area contributed by atoms with Gasteiger partial charge in [0.2, 0.25) is 0 Å². The van der Waals surface area contributed by atoms with Gasteiger partial charge in [-0.2, -0.15) is 8.42 Å². The monoisotopic (exact) mass is 440 g/mol. The molecule has 5 N–H and O–H groups in total. The molecule has 0 atom stereocenters. The first kappa shape index (κ1) is 20.7. The van der Waals surface area contributed by atoms with Crippen LogP contribution < -0.4 is 26.0 Å². The van der Waals surface area contributed by atoms with Gasteiger partial charge in [0.25, 0.3) is 10.0 Å². The molecule has 0 radical (unpaired) electrons. The summed E-state index contributed by atoms with van der Waals surface area (Å²) in [5.74, 6) is 0.276. The summed E-state index contributed by atoms with van der Waals surface area (Å²) in [5.41, 5.74) is 7.13. The Hall–Kier alpha value is -3.61. The highest BCUT2D eigenvalue weighted by molar-refractivity contribution is 7.92. The topological polar surface area (TPSA) is 153 Å². The number of aromatic nitrogens is 1. The number of nitrogen functional groups attached to an aromatic ring is 1. The quantitative estimate of drug-likeness (QED) is 0.433. The van der Waals surface area contributed by atoms with Crippen molar-refractivity contribution in [1.29, 1.82) is 0 Å². The SMILES string of the molecule is Nc1cnc(S(=O)(=O)Nc2ccc3c(c2)B(O)OC3)c(NC(=O)Oc2ccccc2)c1. The first-order valence-corrected chi connectivity index (χ1v) is 10.5.